The lowest BCUT2D eigenvalue weighted by molar-refractivity contribution is -0.131. The predicted octanol–water partition coefficient (Wildman–Crippen LogP) is 2.69. The van der Waals surface area contributed by atoms with Gasteiger partial charge in [0.25, 0.3) is 0 Å². The molecule has 6 nitrogen and oxygen atoms in total. The molecule has 0 saturated heterocycles. The number of sulfone groups is 1. The van der Waals surface area contributed by atoms with Crippen LogP contribution >= 0.6 is 0 Å². The van der Waals surface area contributed by atoms with Crippen molar-refractivity contribution in [1.29, 1.82) is 0 Å². The summed E-state index contributed by atoms with van der Waals surface area (Å²) in [4.78, 5) is 13.8. The van der Waals surface area contributed by atoms with E-state index in [-0.39, 0.29) is 35.6 Å². The van der Waals surface area contributed by atoms with Crippen LogP contribution in [0.25, 0.3) is 0 Å². The number of carbonyl (C=O) groups is 1. The van der Waals surface area contributed by atoms with E-state index in [0.717, 1.165) is 25.7 Å². The SMILES string of the molecule is CN(CCCCCS(=O)(=O)c1ccc(OC/C(=C/F)CN)cc1)C(=O)C1CC1. The van der Waals surface area contributed by atoms with Crippen LogP contribution in [0.15, 0.2) is 41.1 Å². The lowest BCUT2D eigenvalue weighted by Crippen LogP contribution is -2.29. The second-order valence-corrected chi connectivity index (χ2v) is 9.25. The van der Waals surface area contributed by atoms with E-state index in [1.165, 1.54) is 12.1 Å². The van der Waals surface area contributed by atoms with Crippen LogP contribution in [-0.4, -0.2) is 51.7 Å². The molecule has 28 heavy (non-hydrogen) atoms. The highest BCUT2D eigenvalue weighted by Gasteiger charge is 2.31. The third-order valence-corrected chi connectivity index (χ3v) is 6.55. The normalized spacial score (nSPS) is 14.8. The number of nitrogens with zero attached hydrogens (tertiary/aromatic N) is 1. The average Bonchev–Trinajstić information content (AvgIpc) is 3.53. The summed E-state index contributed by atoms with van der Waals surface area (Å²) >= 11 is 0. The van der Waals surface area contributed by atoms with Crippen molar-refractivity contribution in [2.45, 2.75) is 37.0 Å². The monoisotopic (exact) mass is 412 g/mol. The van der Waals surface area contributed by atoms with Gasteiger partial charge in [0.1, 0.15) is 12.4 Å². The van der Waals surface area contributed by atoms with Gasteiger partial charge in [0.15, 0.2) is 9.84 Å². The number of ether oxygens (including phenoxy) is 1. The molecule has 1 aromatic carbocycles. The van der Waals surface area contributed by atoms with Crippen molar-refractivity contribution in [3.63, 3.8) is 0 Å². The summed E-state index contributed by atoms with van der Waals surface area (Å²) in [6.45, 7) is 0.754. The van der Waals surface area contributed by atoms with E-state index in [1.807, 2.05) is 0 Å². The topological polar surface area (TPSA) is 89.7 Å². The summed E-state index contributed by atoms with van der Waals surface area (Å²) in [5.41, 5.74) is 5.68. The maximum atomic E-state index is 12.5. The Hall–Kier alpha value is -1.93. The van der Waals surface area contributed by atoms with Crippen LogP contribution < -0.4 is 10.5 Å². The van der Waals surface area contributed by atoms with Crippen LogP contribution in [0.2, 0.25) is 0 Å². The summed E-state index contributed by atoms with van der Waals surface area (Å²) in [5, 5.41) is 0. The van der Waals surface area contributed by atoms with E-state index in [0.29, 0.717) is 30.6 Å². The molecule has 0 radical (unpaired) electrons. The molecule has 0 aromatic heterocycles. The number of unbranched alkanes of at least 4 members (excludes halogenated alkanes) is 2. The number of benzene rings is 1. The van der Waals surface area contributed by atoms with Gasteiger partial charge in [-0.15, -0.1) is 0 Å². The van der Waals surface area contributed by atoms with Crippen LogP contribution in [0.5, 0.6) is 5.75 Å². The third-order valence-electron chi connectivity index (χ3n) is 4.73. The fraction of sp³-hybridized carbons (Fsp3) is 0.550. The first-order chi connectivity index (χ1) is 13.4. The second-order valence-electron chi connectivity index (χ2n) is 7.15. The Balaban J connectivity index is 1.73. The standard InChI is InChI=1S/C20H29FN2O4S/c1-23(20(24)17-5-6-17)11-3-2-4-12-28(25,26)19-9-7-18(8-10-19)27-15-16(13-21)14-22/h7-10,13,17H,2-6,11-12,14-15,22H2,1H3/b16-13+. The summed E-state index contributed by atoms with van der Waals surface area (Å²) in [7, 11) is -1.56. The van der Waals surface area contributed by atoms with Crippen molar-refractivity contribution in [1.82, 2.24) is 4.90 Å². The molecular formula is C20H29FN2O4S. The molecule has 2 rings (SSSR count). The van der Waals surface area contributed by atoms with Gasteiger partial charge in [-0.3, -0.25) is 4.79 Å². The minimum Gasteiger partial charge on any atom is -0.489 e. The molecule has 1 fully saturated rings. The van der Waals surface area contributed by atoms with Crippen LogP contribution in [0.3, 0.4) is 0 Å². The maximum Gasteiger partial charge on any atom is 0.225 e. The van der Waals surface area contributed by atoms with E-state index < -0.39 is 9.84 Å². The minimum atomic E-state index is -3.37. The molecule has 1 saturated carbocycles. The number of hydrogen-bond donors (Lipinski definition) is 1. The maximum absolute atomic E-state index is 12.5. The molecule has 0 spiro atoms. The van der Waals surface area contributed by atoms with Crippen LogP contribution in [0.1, 0.15) is 32.1 Å². The van der Waals surface area contributed by atoms with Gasteiger partial charge in [0.05, 0.1) is 17.0 Å². The predicted molar refractivity (Wildman–Crippen MR) is 106 cm³/mol. The summed E-state index contributed by atoms with van der Waals surface area (Å²) < 4.78 is 42.7. The fourth-order valence-corrected chi connectivity index (χ4v) is 4.11. The molecule has 1 aromatic rings. The molecular weight excluding hydrogens is 383 g/mol. The fourth-order valence-electron chi connectivity index (χ4n) is 2.74. The summed E-state index contributed by atoms with van der Waals surface area (Å²) in [6, 6.07) is 6.09. The Morgan fingerprint density at radius 1 is 1.25 bits per heavy atom. The van der Waals surface area contributed by atoms with Crippen LogP contribution in [-0.2, 0) is 14.6 Å². The number of halogens is 1. The molecule has 1 aliphatic rings. The molecule has 0 unspecified atom stereocenters. The molecule has 0 aliphatic heterocycles. The van der Waals surface area contributed by atoms with Crippen molar-refractivity contribution in [2.75, 3.05) is 32.5 Å². The van der Waals surface area contributed by atoms with Crippen LogP contribution in [0.4, 0.5) is 4.39 Å². The summed E-state index contributed by atoms with van der Waals surface area (Å²) in [5.74, 6) is 0.938. The quantitative estimate of drug-likeness (QED) is 0.533. The first kappa shape index (κ1) is 22.4. The average molecular weight is 413 g/mol. The highest BCUT2D eigenvalue weighted by Crippen LogP contribution is 2.30. The van der Waals surface area contributed by atoms with Gasteiger partial charge in [-0.2, -0.15) is 0 Å². The zero-order valence-corrected chi connectivity index (χ0v) is 17.1. The molecule has 1 aliphatic carbocycles. The van der Waals surface area contributed by atoms with Gasteiger partial charge in [-0.05, 0) is 49.9 Å². The van der Waals surface area contributed by atoms with Gasteiger partial charge in [0.2, 0.25) is 5.91 Å². The van der Waals surface area contributed by atoms with E-state index in [9.17, 15) is 17.6 Å². The number of hydrogen-bond acceptors (Lipinski definition) is 5. The molecule has 0 bridgehead atoms. The zero-order chi connectivity index (χ0) is 20.6. The van der Waals surface area contributed by atoms with Gasteiger partial charge in [0, 0.05) is 31.6 Å². The van der Waals surface area contributed by atoms with E-state index in [1.54, 1.807) is 24.1 Å². The van der Waals surface area contributed by atoms with Gasteiger partial charge < -0.3 is 15.4 Å². The van der Waals surface area contributed by atoms with Crippen molar-refractivity contribution in [2.24, 2.45) is 11.7 Å². The van der Waals surface area contributed by atoms with E-state index >= 15 is 0 Å². The molecule has 1 amide bonds. The number of carbonyl (C=O) groups excluding carboxylic acids is 1. The van der Waals surface area contributed by atoms with Gasteiger partial charge in [-0.1, -0.05) is 6.42 Å². The Bertz CT molecular complexity index is 774. The Labute approximate surface area is 166 Å². The first-order valence-corrected chi connectivity index (χ1v) is 11.2. The van der Waals surface area contributed by atoms with E-state index in [2.05, 4.69) is 0 Å². The van der Waals surface area contributed by atoms with Gasteiger partial charge >= 0.3 is 0 Å². The smallest absolute Gasteiger partial charge is 0.225 e. The number of amides is 1. The molecule has 0 heterocycles. The van der Waals surface area contributed by atoms with E-state index in [4.69, 9.17) is 10.5 Å². The van der Waals surface area contributed by atoms with Gasteiger partial charge in [-0.25, -0.2) is 12.8 Å². The molecule has 8 heteroatoms. The molecule has 156 valence electrons. The second kappa shape index (κ2) is 10.6. The first-order valence-electron chi connectivity index (χ1n) is 9.56. The number of rotatable bonds is 12. The molecule has 2 N–H and O–H groups in total. The zero-order valence-electron chi connectivity index (χ0n) is 16.3. The largest absolute Gasteiger partial charge is 0.489 e. The summed E-state index contributed by atoms with van der Waals surface area (Å²) in [6.07, 6.45) is 4.49. The lowest BCUT2D eigenvalue weighted by atomic mass is 10.2. The third kappa shape index (κ3) is 6.91. The lowest BCUT2D eigenvalue weighted by Gasteiger charge is -2.16. The van der Waals surface area contributed by atoms with Crippen molar-refractivity contribution in [3.8, 4) is 5.75 Å². The Morgan fingerprint density at radius 2 is 1.93 bits per heavy atom. The van der Waals surface area contributed by atoms with Crippen molar-refractivity contribution >= 4 is 15.7 Å². The Morgan fingerprint density at radius 3 is 2.50 bits per heavy atom. The highest BCUT2D eigenvalue weighted by molar-refractivity contribution is 7.91. The molecule has 0 atom stereocenters. The Kier molecular flexibility index (Phi) is 8.44. The van der Waals surface area contributed by atoms with Crippen molar-refractivity contribution in [3.05, 3.63) is 36.2 Å². The highest BCUT2D eigenvalue weighted by atomic mass is 32.2. The minimum absolute atomic E-state index is 0.0246. The number of nitrogens with two attached hydrogens (primary N) is 1. The van der Waals surface area contributed by atoms with Crippen LogP contribution in [0, 0.1) is 5.92 Å². The van der Waals surface area contributed by atoms with Crippen molar-refractivity contribution < 1.29 is 22.3 Å².